The highest BCUT2D eigenvalue weighted by atomic mass is 35.5. The van der Waals surface area contributed by atoms with Crippen LogP contribution in [0.3, 0.4) is 0 Å². The molecule has 2 aromatic heterocycles. The Hall–Kier alpha value is -3.21. The van der Waals surface area contributed by atoms with Gasteiger partial charge in [-0.3, -0.25) is 10.1 Å². The fraction of sp³-hybridized carbons (Fsp3) is 0.316. The van der Waals surface area contributed by atoms with Crippen molar-refractivity contribution in [2.75, 3.05) is 5.32 Å². The first kappa shape index (κ1) is 21.0. The molecule has 4 rings (SSSR count). The van der Waals surface area contributed by atoms with Gasteiger partial charge >= 0.3 is 11.9 Å². The van der Waals surface area contributed by atoms with Crippen LogP contribution in [0.1, 0.15) is 36.2 Å². The number of nitrogens with zero attached hydrogens (tertiary/aromatic N) is 5. The monoisotopic (exact) mass is 452 g/mol. The first-order valence-corrected chi connectivity index (χ1v) is 9.70. The molecule has 1 aromatic carbocycles. The second-order valence-electron chi connectivity index (χ2n) is 7.22. The van der Waals surface area contributed by atoms with Gasteiger partial charge in [-0.05, 0) is 42.5 Å². The summed E-state index contributed by atoms with van der Waals surface area (Å²) in [6, 6.07) is 5.19. The second kappa shape index (κ2) is 7.80. The van der Waals surface area contributed by atoms with Gasteiger partial charge in [-0.2, -0.15) is 18.2 Å². The summed E-state index contributed by atoms with van der Waals surface area (Å²) >= 11 is 5.74. The lowest BCUT2D eigenvalue weighted by Gasteiger charge is -2.12. The number of halogens is 4. The van der Waals surface area contributed by atoms with E-state index in [1.165, 1.54) is 0 Å². The predicted molar refractivity (Wildman–Crippen MR) is 107 cm³/mol. The van der Waals surface area contributed by atoms with E-state index in [0.29, 0.717) is 18.4 Å². The van der Waals surface area contributed by atoms with Crippen LogP contribution >= 0.6 is 11.6 Å². The van der Waals surface area contributed by atoms with Gasteiger partial charge in [-0.25, -0.2) is 9.97 Å². The number of hydrogen-bond donors (Lipinski definition) is 1. The molecule has 0 fully saturated rings. The number of hydrogen-bond acceptors (Lipinski definition) is 6. The van der Waals surface area contributed by atoms with E-state index < -0.39 is 16.8 Å². The van der Waals surface area contributed by atoms with Gasteiger partial charge in [-0.15, -0.1) is 0 Å². The first-order valence-electron chi connectivity index (χ1n) is 9.32. The summed E-state index contributed by atoms with van der Waals surface area (Å²) < 4.78 is 41.1. The van der Waals surface area contributed by atoms with Crippen LogP contribution in [0, 0.1) is 10.1 Å². The molecule has 162 valence electrons. The van der Waals surface area contributed by atoms with E-state index in [1.54, 1.807) is 16.7 Å². The second-order valence-corrected chi connectivity index (χ2v) is 7.56. The van der Waals surface area contributed by atoms with E-state index in [9.17, 15) is 23.3 Å². The summed E-state index contributed by atoms with van der Waals surface area (Å²) in [7, 11) is 0. The molecule has 31 heavy (non-hydrogen) atoms. The minimum Gasteiger partial charge on any atom is -0.360 e. The van der Waals surface area contributed by atoms with Gasteiger partial charge < -0.3 is 9.88 Å². The molecule has 3 heterocycles. The summed E-state index contributed by atoms with van der Waals surface area (Å²) in [5.74, 6) is 0.268. The molecule has 3 aromatic rings. The normalized spacial score (nSPS) is 15.7. The number of anilines is 1. The zero-order valence-corrected chi connectivity index (χ0v) is 16.9. The maximum absolute atomic E-state index is 13.2. The highest BCUT2D eigenvalue weighted by Gasteiger charge is 2.36. The van der Waals surface area contributed by atoms with Crippen LogP contribution in [0.2, 0.25) is 5.28 Å². The van der Waals surface area contributed by atoms with Gasteiger partial charge in [0.05, 0.1) is 4.92 Å². The Kier molecular flexibility index (Phi) is 5.29. The van der Waals surface area contributed by atoms with Crippen molar-refractivity contribution >= 4 is 23.1 Å². The standard InChI is InChI=1S/C19H16ClF3N6O2/c1-10-2-4-12-6-11(7-24-16-14(29(30)31)8-25-18(20)27-16)3-5-13(12)17-26-15(9-28(10)17)19(21,22)23/h3,5-6,8-10H,2,4,7H2,1H3,(H,24,25,27). The third-order valence-electron chi connectivity index (χ3n) is 5.14. The van der Waals surface area contributed by atoms with Gasteiger partial charge in [0.2, 0.25) is 11.1 Å². The number of nitro groups is 1. The summed E-state index contributed by atoms with van der Waals surface area (Å²) in [4.78, 5) is 21.9. The van der Waals surface area contributed by atoms with Crippen LogP contribution in [-0.2, 0) is 19.1 Å². The molecular formula is C19H16ClF3N6O2. The lowest BCUT2D eigenvalue weighted by molar-refractivity contribution is -0.384. The highest BCUT2D eigenvalue weighted by molar-refractivity contribution is 6.28. The molecule has 0 amide bonds. The third-order valence-corrected chi connectivity index (χ3v) is 5.32. The fourth-order valence-corrected chi connectivity index (χ4v) is 3.69. The zero-order chi connectivity index (χ0) is 22.3. The number of aromatic nitrogens is 4. The molecule has 1 aliphatic rings. The average molecular weight is 453 g/mol. The molecule has 0 spiro atoms. The van der Waals surface area contributed by atoms with Crippen molar-refractivity contribution in [3.63, 3.8) is 0 Å². The van der Waals surface area contributed by atoms with E-state index in [-0.39, 0.29) is 35.2 Å². The number of imidazole rings is 1. The van der Waals surface area contributed by atoms with Crippen LogP contribution in [0.4, 0.5) is 24.7 Å². The maximum Gasteiger partial charge on any atom is 0.434 e. The average Bonchev–Trinajstić information content (AvgIpc) is 3.11. The number of rotatable bonds is 4. The number of alkyl halides is 3. The largest absolute Gasteiger partial charge is 0.434 e. The van der Waals surface area contributed by atoms with Crippen molar-refractivity contribution in [3.05, 3.63) is 62.8 Å². The Balaban J connectivity index is 1.64. The molecule has 0 bridgehead atoms. The van der Waals surface area contributed by atoms with Gasteiger partial charge in [0.25, 0.3) is 0 Å². The molecule has 1 unspecified atom stereocenters. The number of benzene rings is 1. The molecule has 1 atom stereocenters. The van der Waals surface area contributed by atoms with E-state index in [1.807, 2.05) is 13.0 Å². The molecule has 1 N–H and O–H groups in total. The van der Waals surface area contributed by atoms with Crippen LogP contribution in [0.5, 0.6) is 0 Å². The van der Waals surface area contributed by atoms with Gasteiger partial charge in [-0.1, -0.05) is 18.2 Å². The van der Waals surface area contributed by atoms with Crippen molar-refractivity contribution in [3.8, 4) is 11.4 Å². The van der Waals surface area contributed by atoms with Crippen molar-refractivity contribution in [1.29, 1.82) is 0 Å². The van der Waals surface area contributed by atoms with Crippen LogP contribution in [-0.4, -0.2) is 24.4 Å². The van der Waals surface area contributed by atoms with Crippen LogP contribution in [0.15, 0.2) is 30.6 Å². The molecular weight excluding hydrogens is 437 g/mol. The highest BCUT2D eigenvalue weighted by Crippen LogP contribution is 2.37. The maximum atomic E-state index is 13.2. The molecule has 12 heteroatoms. The smallest absolute Gasteiger partial charge is 0.360 e. The van der Waals surface area contributed by atoms with Crippen molar-refractivity contribution in [1.82, 2.24) is 19.5 Å². The minimum atomic E-state index is -4.52. The topological polar surface area (TPSA) is 98.8 Å². The van der Waals surface area contributed by atoms with Gasteiger partial charge in [0, 0.05) is 24.3 Å². The van der Waals surface area contributed by atoms with Crippen LogP contribution < -0.4 is 5.32 Å². The van der Waals surface area contributed by atoms with E-state index in [2.05, 4.69) is 20.3 Å². The van der Waals surface area contributed by atoms with Crippen molar-refractivity contribution in [2.45, 2.75) is 38.5 Å². The Morgan fingerprint density at radius 2 is 2.13 bits per heavy atom. The Labute approximate surface area is 179 Å². The molecule has 0 radical (unpaired) electrons. The summed E-state index contributed by atoms with van der Waals surface area (Å²) in [5.41, 5.74) is 1.06. The molecule has 0 aliphatic carbocycles. The summed E-state index contributed by atoms with van der Waals surface area (Å²) in [5, 5.41) is 13.9. The van der Waals surface area contributed by atoms with E-state index in [4.69, 9.17) is 11.6 Å². The molecule has 0 saturated heterocycles. The lowest BCUT2D eigenvalue weighted by atomic mass is 9.99. The predicted octanol–water partition coefficient (Wildman–Crippen LogP) is 5.04. The number of aryl methyl sites for hydroxylation is 1. The SMILES string of the molecule is CC1CCc2cc(CNc3nc(Cl)ncc3[N+](=O)[O-])ccc2-c2nc(C(F)(F)F)cn21. The quantitative estimate of drug-likeness (QED) is 0.338. The van der Waals surface area contributed by atoms with Crippen LogP contribution in [0.25, 0.3) is 11.4 Å². The van der Waals surface area contributed by atoms with Gasteiger partial charge in [0.15, 0.2) is 5.69 Å². The Bertz CT molecular complexity index is 1160. The summed E-state index contributed by atoms with van der Waals surface area (Å²) in [6.45, 7) is 2.07. The fourth-order valence-electron chi connectivity index (χ4n) is 3.55. The lowest BCUT2D eigenvalue weighted by Crippen LogP contribution is -2.07. The van der Waals surface area contributed by atoms with E-state index >= 15 is 0 Å². The first-order chi connectivity index (χ1) is 14.6. The summed E-state index contributed by atoms with van der Waals surface area (Å²) in [6.07, 6.45) is -1.13. The Morgan fingerprint density at radius 1 is 1.35 bits per heavy atom. The number of fused-ring (bicyclic) bond motifs is 3. The van der Waals surface area contributed by atoms with E-state index in [0.717, 1.165) is 23.5 Å². The third kappa shape index (κ3) is 4.18. The molecule has 1 aliphatic heterocycles. The zero-order valence-electron chi connectivity index (χ0n) is 16.1. The Morgan fingerprint density at radius 3 is 2.84 bits per heavy atom. The molecule has 0 saturated carbocycles. The number of nitrogens with one attached hydrogen (secondary N) is 1. The van der Waals surface area contributed by atoms with Crippen molar-refractivity contribution in [2.24, 2.45) is 0 Å². The molecule has 8 nitrogen and oxygen atoms in total. The minimum absolute atomic E-state index is 0.0149. The van der Waals surface area contributed by atoms with Crippen molar-refractivity contribution < 1.29 is 18.1 Å². The van der Waals surface area contributed by atoms with Gasteiger partial charge in [0.1, 0.15) is 12.0 Å².